The Morgan fingerprint density at radius 2 is 0.629 bits per heavy atom. The normalized spacial score (nSPS) is 10.9. The van der Waals surface area contributed by atoms with Crippen LogP contribution in [-0.2, 0) is 83.6 Å². The predicted octanol–water partition coefficient (Wildman–Crippen LogP) is 20.6. The Hall–Kier alpha value is -11.4. The fraction of sp³-hybridized carbons (Fsp3) is 0.172. The average Bonchev–Trinajstić information content (AvgIpc) is 0.796. The van der Waals surface area contributed by atoms with Crippen LogP contribution >= 0.6 is 0 Å². The molecule has 97 heavy (non-hydrogen) atoms. The molecule has 0 N–H and O–H groups in total. The molecule has 0 amide bonds. The van der Waals surface area contributed by atoms with Gasteiger partial charge in [0, 0.05) is 59.8 Å². The number of aryl methyl sites for hydroxylation is 6. The van der Waals surface area contributed by atoms with Gasteiger partial charge in [-0.3, -0.25) is 19.2 Å². The molecule has 0 unspecified atom stereocenters. The molecule has 0 radical (unpaired) electrons. The van der Waals surface area contributed by atoms with E-state index in [0.29, 0.717) is 25.7 Å². The first-order chi connectivity index (χ1) is 47.2. The highest BCUT2D eigenvalue weighted by molar-refractivity contribution is 5.84. The number of carbonyl (C=O) groups is 4. The number of hydrogen-bond donors (Lipinski definition) is 0. The smallest absolute Gasteiger partial charge is 0.306 e. The van der Waals surface area contributed by atoms with Crippen LogP contribution in [0.15, 0.2) is 275 Å². The zero-order valence-corrected chi connectivity index (χ0v) is 55.9. The second-order valence-corrected chi connectivity index (χ2v) is 23.9. The average molecular weight is 1290 g/mol. The van der Waals surface area contributed by atoms with E-state index in [9.17, 15) is 19.2 Å². The third-order valence-electron chi connectivity index (χ3n) is 16.8. The van der Waals surface area contributed by atoms with Gasteiger partial charge >= 0.3 is 23.9 Å². The van der Waals surface area contributed by atoms with Crippen molar-refractivity contribution in [3.63, 3.8) is 0 Å². The van der Waals surface area contributed by atoms with Crippen LogP contribution in [0.4, 0.5) is 34.1 Å². The highest BCUT2D eigenvalue weighted by Gasteiger charge is 2.20. The lowest BCUT2D eigenvalue weighted by molar-refractivity contribution is -0.145. The summed E-state index contributed by atoms with van der Waals surface area (Å²) in [6.07, 6.45) is 15.6. The Bertz CT molecular complexity index is 4150. The van der Waals surface area contributed by atoms with Crippen molar-refractivity contribution in [3.05, 3.63) is 341 Å². The molecule has 0 atom stereocenters. The topological polar surface area (TPSA) is 112 Å². The largest absolute Gasteiger partial charge is 0.461 e. The standard InChI is InChI=1S/C87H84N2O8/c1-9-65(10-2)15-14-62(6)58-94-84(90)52-36-69-28-42-78(43-29-69)88(79-44-30-70(31-45-79)37-53-85(91)95-59-73-22-16-66(11-3)17-23-73)82-50-40-76(56-63(82)7)77-41-51-83(64(8)57-77)89(80-46-32-71(33-47-80)38-54-86(92)96-60-74-24-18-67(12-4)19-25-74)81-48-34-72(35-49-81)39-55-87(93)97-61-75-26-20-68(13-5)21-27-75/h9-35,40-51,56-57H,1-5,36-39,52-55,58-61H2,6-8H3/b62-14+. The molecule has 0 aliphatic rings. The molecule has 0 aliphatic heterocycles. The van der Waals surface area contributed by atoms with Crippen molar-refractivity contribution in [2.45, 2.75) is 92.0 Å². The van der Waals surface area contributed by atoms with Crippen molar-refractivity contribution in [3.8, 4) is 11.1 Å². The Morgan fingerprint density at radius 3 is 0.897 bits per heavy atom. The van der Waals surface area contributed by atoms with E-state index >= 15 is 0 Å². The molecule has 10 heteroatoms. The minimum atomic E-state index is -0.274. The van der Waals surface area contributed by atoms with Crippen molar-refractivity contribution in [2.24, 2.45) is 0 Å². The molecular weight excluding hydrogens is 1200 g/mol. The maximum absolute atomic E-state index is 12.9. The number of nitrogens with zero attached hydrogens (tertiary/aromatic N) is 2. The lowest BCUT2D eigenvalue weighted by Crippen LogP contribution is -2.12. The number of esters is 4. The van der Waals surface area contributed by atoms with Crippen LogP contribution in [0.2, 0.25) is 0 Å². The Balaban J connectivity index is 0.935. The molecule has 0 spiro atoms. The van der Waals surface area contributed by atoms with Crippen LogP contribution in [0.5, 0.6) is 0 Å². The summed E-state index contributed by atoms with van der Waals surface area (Å²) < 4.78 is 22.5. The van der Waals surface area contributed by atoms with E-state index in [4.69, 9.17) is 18.9 Å². The SMILES string of the molecule is C=CC(C=C)=C/C=C(\C)COC(=O)CCc1ccc(N(c2ccc(CCC(=O)OCc3ccc(C=C)cc3)cc2)c2ccc(-c3ccc(N(c4ccc(CCC(=O)OCc5ccc(C=C)cc5)cc4)c4ccc(CCC(=O)OCc5ccc(C=C)cc5)cc4)c(C)c3)cc2C)cc1. The van der Waals surface area contributed by atoms with Crippen molar-refractivity contribution in [1.82, 2.24) is 0 Å². The van der Waals surface area contributed by atoms with Gasteiger partial charge in [-0.2, -0.15) is 0 Å². The van der Waals surface area contributed by atoms with Gasteiger partial charge < -0.3 is 28.7 Å². The summed E-state index contributed by atoms with van der Waals surface area (Å²) in [5, 5.41) is 0. The maximum Gasteiger partial charge on any atom is 0.306 e. The summed E-state index contributed by atoms with van der Waals surface area (Å²) in [6.45, 7) is 26.0. The van der Waals surface area contributed by atoms with Crippen LogP contribution in [0, 0.1) is 13.8 Å². The van der Waals surface area contributed by atoms with Crippen LogP contribution in [0.25, 0.3) is 29.4 Å². The molecule has 0 aliphatic carbocycles. The summed E-state index contributed by atoms with van der Waals surface area (Å²) >= 11 is 0. The summed E-state index contributed by atoms with van der Waals surface area (Å²) in [5.74, 6) is -1.06. The van der Waals surface area contributed by atoms with Gasteiger partial charge in [0.2, 0.25) is 0 Å². The number of anilines is 6. The van der Waals surface area contributed by atoms with Gasteiger partial charge in [-0.05, 0) is 208 Å². The van der Waals surface area contributed by atoms with Gasteiger partial charge in [0.25, 0.3) is 0 Å². The van der Waals surface area contributed by atoms with Gasteiger partial charge in [-0.25, -0.2) is 0 Å². The monoisotopic (exact) mass is 1280 g/mol. The molecule has 10 nitrogen and oxygen atoms in total. The molecule has 0 bridgehead atoms. The van der Waals surface area contributed by atoms with Gasteiger partial charge in [0.05, 0.1) is 0 Å². The van der Waals surface area contributed by atoms with Gasteiger partial charge in [0.15, 0.2) is 0 Å². The lowest BCUT2D eigenvalue weighted by Gasteiger charge is -2.28. The number of hydrogen-bond acceptors (Lipinski definition) is 10. The first-order valence-corrected chi connectivity index (χ1v) is 32.7. The molecule has 0 aromatic heterocycles. The van der Waals surface area contributed by atoms with Crippen molar-refractivity contribution in [1.29, 1.82) is 0 Å². The maximum atomic E-state index is 12.9. The van der Waals surface area contributed by atoms with Crippen LogP contribution in [0.3, 0.4) is 0 Å². The molecule has 9 rings (SSSR count). The van der Waals surface area contributed by atoms with Crippen molar-refractivity contribution < 1.29 is 38.1 Å². The van der Waals surface area contributed by atoms with E-state index in [1.165, 1.54) is 0 Å². The lowest BCUT2D eigenvalue weighted by atomic mass is 9.98. The summed E-state index contributed by atoms with van der Waals surface area (Å²) in [7, 11) is 0. The molecule has 0 heterocycles. The minimum Gasteiger partial charge on any atom is -0.461 e. The second kappa shape index (κ2) is 35.2. The third kappa shape index (κ3) is 20.6. The van der Waals surface area contributed by atoms with Crippen LogP contribution in [-0.4, -0.2) is 30.5 Å². The van der Waals surface area contributed by atoms with Crippen molar-refractivity contribution >= 4 is 76.2 Å². The highest BCUT2D eigenvalue weighted by Crippen LogP contribution is 2.41. The van der Waals surface area contributed by atoms with Gasteiger partial charge in [0.1, 0.15) is 26.4 Å². The number of allylic oxidation sites excluding steroid dienone is 5. The highest BCUT2D eigenvalue weighted by atomic mass is 16.5. The zero-order chi connectivity index (χ0) is 68.5. The summed E-state index contributed by atoms with van der Waals surface area (Å²) in [5.41, 5.74) is 21.5. The number of ether oxygens (including phenoxy) is 4. The molecule has 490 valence electrons. The van der Waals surface area contributed by atoms with Crippen LogP contribution in [0.1, 0.15) is 99.4 Å². The third-order valence-corrected chi connectivity index (χ3v) is 16.8. The van der Waals surface area contributed by atoms with Crippen molar-refractivity contribution in [2.75, 3.05) is 16.4 Å². The molecule has 0 saturated heterocycles. The first-order valence-electron chi connectivity index (χ1n) is 32.7. The quantitative estimate of drug-likeness (QED) is 0.0224. The fourth-order valence-corrected chi connectivity index (χ4v) is 11.0. The Kier molecular flexibility index (Phi) is 25.4. The van der Waals surface area contributed by atoms with Gasteiger partial charge in [-0.1, -0.05) is 209 Å². The number of carbonyl (C=O) groups excluding carboxylic acids is 4. The van der Waals surface area contributed by atoms with E-state index in [2.05, 4.69) is 190 Å². The molecule has 0 saturated carbocycles. The zero-order valence-electron chi connectivity index (χ0n) is 55.9. The Morgan fingerprint density at radius 1 is 0.351 bits per heavy atom. The second-order valence-electron chi connectivity index (χ2n) is 23.9. The molecule has 0 fully saturated rings. The minimum absolute atomic E-state index is 0.197. The fourth-order valence-electron chi connectivity index (χ4n) is 11.0. The van der Waals surface area contributed by atoms with Crippen LogP contribution < -0.4 is 9.80 Å². The molecule has 9 aromatic carbocycles. The summed E-state index contributed by atoms with van der Waals surface area (Å²) in [6, 6.07) is 69.6. The molecular formula is C87H84N2O8. The van der Waals surface area contributed by atoms with E-state index in [1.54, 1.807) is 30.4 Å². The van der Waals surface area contributed by atoms with E-state index in [-0.39, 0.29) is 76.0 Å². The van der Waals surface area contributed by atoms with E-state index < -0.39 is 0 Å². The number of rotatable bonds is 33. The predicted molar refractivity (Wildman–Crippen MR) is 396 cm³/mol. The first kappa shape index (κ1) is 70.0. The molecule has 9 aromatic rings. The number of benzene rings is 9. The van der Waals surface area contributed by atoms with E-state index in [0.717, 1.165) is 123 Å². The van der Waals surface area contributed by atoms with E-state index in [1.807, 2.05) is 91.9 Å². The summed E-state index contributed by atoms with van der Waals surface area (Å²) in [4.78, 5) is 56.2. The Labute approximate surface area is 572 Å². The van der Waals surface area contributed by atoms with Gasteiger partial charge in [-0.15, -0.1) is 0 Å².